The predicted octanol–water partition coefficient (Wildman–Crippen LogP) is 1.31. The minimum absolute atomic E-state index is 0.0905. The first-order valence-corrected chi connectivity index (χ1v) is 7.79. The van der Waals surface area contributed by atoms with E-state index in [1.54, 1.807) is 0 Å². The molecular formula is C13H14FNO5S. The van der Waals surface area contributed by atoms with Crippen molar-refractivity contribution in [3.63, 3.8) is 0 Å². The molecule has 0 amide bonds. The SMILES string of the molecule is CCS(=O)(=O)NC1=C(O)C(=O)C(C)(c2ccccc2F)O1. The zero-order valence-corrected chi connectivity index (χ0v) is 12.2. The second kappa shape index (κ2) is 5.03. The van der Waals surface area contributed by atoms with Crippen LogP contribution in [0.2, 0.25) is 0 Å². The number of halogens is 1. The number of ether oxygens (including phenoxy) is 1. The molecule has 1 aromatic carbocycles. The lowest BCUT2D eigenvalue weighted by molar-refractivity contribution is -0.132. The second-order valence-corrected chi connectivity index (χ2v) is 6.64. The van der Waals surface area contributed by atoms with Crippen LogP contribution in [0, 0.1) is 5.82 Å². The highest BCUT2D eigenvalue weighted by atomic mass is 32.2. The fourth-order valence-corrected chi connectivity index (χ4v) is 2.50. The van der Waals surface area contributed by atoms with E-state index >= 15 is 0 Å². The summed E-state index contributed by atoms with van der Waals surface area (Å²) in [5.41, 5.74) is -1.91. The van der Waals surface area contributed by atoms with Crippen LogP contribution in [0.5, 0.6) is 0 Å². The van der Waals surface area contributed by atoms with Crippen molar-refractivity contribution in [3.8, 4) is 0 Å². The van der Waals surface area contributed by atoms with Crippen LogP contribution in [0.25, 0.3) is 0 Å². The average Bonchev–Trinajstić information content (AvgIpc) is 2.64. The van der Waals surface area contributed by atoms with Crippen LogP contribution >= 0.6 is 0 Å². The van der Waals surface area contributed by atoms with Crippen molar-refractivity contribution < 1.29 is 27.4 Å². The van der Waals surface area contributed by atoms with Gasteiger partial charge in [0.15, 0.2) is 0 Å². The molecule has 0 spiro atoms. The van der Waals surface area contributed by atoms with E-state index in [-0.39, 0.29) is 11.3 Å². The van der Waals surface area contributed by atoms with Gasteiger partial charge in [-0.1, -0.05) is 18.2 Å². The number of carbonyl (C=O) groups excluding carboxylic acids is 1. The van der Waals surface area contributed by atoms with Gasteiger partial charge in [-0.3, -0.25) is 9.52 Å². The molecule has 2 N–H and O–H groups in total. The van der Waals surface area contributed by atoms with E-state index in [2.05, 4.69) is 0 Å². The number of benzene rings is 1. The molecule has 1 unspecified atom stereocenters. The molecule has 1 aliphatic rings. The van der Waals surface area contributed by atoms with Gasteiger partial charge < -0.3 is 9.84 Å². The molecular weight excluding hydrogens is 301 g/mol. The van der Waals surface area contributed by atoms with Gasteiger partial charge in [-0.2, -0.15) is 0 Å². The number of carbonyl (C=O) groups is 1. The Morgan fingerprint density at radius 2 is 2.00 bits per heavy atom. The Bertz CT molecular complexity index is 728. The van der Waals surface area contributed by atoms with E-state index in [0.717, 1.165) is 6.07 Å². The summed E-state index contributed by atoms with van der Waals surface area (Å²) >= 11 is 0. The molecule has 114 valence electrons. The molecule has 0 aromatic heterocycles. The zero-order chi connectivity index (χ0) is 15.8. The van der Waals surface area contributed by atoms with Crippen LogP contribution in [0.1, 0.15) is 19.4 Å². The monoisotopic (exact) mass is 315 g/mol. The third-order valence-electron chi connectivity index (χ3n) is 3.19. The van der Waals surface area contributed by atoms with Crippen LogP contribution in [0.4, 0.5) is 4.39 Å². The minimum atomic E-state index is -3.74. The summed E-state index contributed by atoms with van der Waals surface area (Å²) in [6, 6.07) is 5.42. The molecule has 0 saturated heterocycles. The van der Waals surface area contributed by atoms with E-state index in [1.807, 2.05) is 4.72 Å². The molecule has 0 saturated carbocycles. The zero-order valence-electron chi connectivity index (χ0n) is 11.4. The Balaban J connectivity index is 2.41. The summed E-state index contributed by atoms with van der Waals surface area (Å²) in [6.07, 6.45) is 0. The van der Waals surface area contributed by atoms with E-state index in [0.29, 0.717) is 0 Å². The second-order valence-electron chi connectivity index (χ2n) is 4.63. The molecule has 21 heavy (non-hydrogen) atoms. The molecule has 0 fully saturated rings. The van der Waals surface area contributed by atoms with Gasteiger partial charge in [-0.15, -0.1) is 0 Å². The highest BCUT2D eigenvalue weighted by molar-refractivity contribution is 7.89. The van der Waals surface area contributed by atoms with E-state index in [1.165, 1.54) is 32.0 Å². The van der Waals surface area contributed by atoms with Gasteiger partial charge in [0, 0.05) is 5.56 Å². The summed E-state index contributed by atoms with van der Waals surface area (Å²) in [7, 11) is -3.74. The maximum absolute atomic E-state index is 13.8. The third-order valence-corrected chi connectivity index (χ3v) is 4.44. The first-order chi connectivity index (χ1) is 9.71. The molecule has 2 rings (SSSR count). The van der Waals surface area contributed by atoms with Crippen LogP contribution in [0.3, 0.4) is 0 Å². The van der Waals surface area contributed by atoms with E-state index in [9.17, 15) is 22.7 Å². The van der Waals surface area contributed by atoms with Gasteiger partial charge >= 0.3 is 0 Å². The number of aliphatic hydroxyl groups excluding tert-OH is 1. The number of hydrogen-bond acceptors (Lipinski definition) is 5. The number of rotatable bonds is 4. The van der Waals surface area contributed by atoms with Gasteiger partial charge in [0.25, 0.3) is 5.78 Å². The number of hydrogen-bond donors (Lipinski definition) is 2. The number of ketones is 1. The highest BCUT2D eigenvalue weighted by Crippen LogP contribution is 2.38. The van der Waals surface area contributed by atoms with Crippen LogP contribution in [0.15, 0.2) is 35.9 Å². The number of nitrogens with one attached hydrogen (secondary N) is 1. The van der Waals surface area contributed by atoms with Crippen LogP contribution in [-0.4, -0.2) is 25.1 Å². The van der Waals surface area contributed by atoms with Crippen molar-refractivity contribution in [1.82, 2.24) is 4.72 Å². The molecule has 0 radical (unpaired) electrons. The summed E-state index contributed by atoms with van der Waals surface area (Å²) < 4.78 is 44.0. The Kier molecular flexibility index (Phi) is 3.66. The summed E-state index contributed by atoms with van der Waals surface area (Å²) in [4.78, 5) is 12.1. The van der Waals surface area contributed by atoms with Crippen molar-refractivity contribution in [2.24, 2.45) is 0 Å². The molecule has 8 heteroatoms. The largest absolute Gasteiger partial charge is 0.501 e. The molecule has 1 aliphatic heterocycles. The average molecular weight is 315 g/mol. The van der Waals surface area contributed by atoms with Crippen molar-refractivity contribution in [1.29, 1.82) is 0 Å². The van der Waals surface area contributed by atoms with Crippen molar-refractivity contribution >= 4 is 15.8 Å². The Labute approximate surface area is 121 Å². The summed E-state index contributed by atoms with van der Waals surface area (Å²) in [5.74, 6) is -3.34. The van der Waals surface area contributed by atoms with E-state index < -0.39 is 38.9 Å². The lowest BCUT2D eigenvalue weighted by atomic mass is 9.91. The van der Waals surface area contributed by atoms with E-state index in [4.69, 9.17) is 4.74 Å². The predicted molar refractivity (Wildman–Crippen MR) is 72.1 cm³/mol. The standard InChI is InChI=1S/C13H14FNO5S/c1-3-21(18,19)15-12-10(16)11(17)13(2,20-12)8-6-4-5-7-9(8)14/h4-7,15-16H,3H2,1-2H3. The molecule has 1 aromatic rings. The van der Waals surface area contributed by atoms with Gasteiger partial charge in [0.2, 0.25) is 27.3 Å². The van der Waals surface area contributed by atoms with Gasteiger partial charge in [0.05, 0.1) is 5.75 Å². The van der Waals surface area contributed by atoms with Crippen molar-refractivity contribution in [2.75, 3.05) is 5.75 Å². The molecule has 1 atom stereocenters. The first-order valence-electron chi connectivity index (χ1n) is 6.14. The summed E-state index contributed by atoms with van der Waals surface area (Å²) in [5, 5.41) is 9.76. The Morgan fingerprint density at radius 1 is 1.38 bits per heavy atom. The molecule has 6 nitrogen and oxygen atoms in total. The maximum atomic E-state index is 13.8. The fourth-order valence-electron chi connectivity index (χ4n) is 1.94. The highest BCUT2D eigenvalue weighted by Gasteiger charge is 2.49. The maximum Gasteiger partial charge on any atom is 0.250 e. The topological polar surface area (TPSA) is 92.7 Å². The Morgan fingerprint density at radius 3 is 2.57 bits per heavy atom. The Hall–Kier alpha value is -2.09. The molecule has 0 bridgehead atoms. The first kappa shape index (κ1) is 15.3. The van der Waals surface area contributed by atoms with Crippen LogP contribution < -0.4 is 4.72 Å². The van der Waals surface area contributed by atoms with Crippen LogP contribution in [-0.2, 0) is 25.2 Å². The quantitative estimate of drug-likeness (QED) is 0.874. The molecule has 1 heterocycles. The smallest absolute Gasteiger partial charge is 0.250 e. The van der Waals surface area contributed by atoms with Gasteiger partial charge in [-0.05, 0) is 19.9 Å². The molecule has 0 aliphatic carbocycles. The number of aliphatic hydroxyl groups is 1. The lowest BCUT2D eigenvalue weighted by Crippen LogP contribution is -2.33. The van der Waals surface area contributed by atoms with Crippen molar-refractivity contribution in [3.05, 3.63) is 47.3 Å². The van der Waals surface area contributed by atoms with Crippen molar-refractivity contribution in [2.45, 2.75) is 19.4 Å². The lowest BCUT2D eigenvalue weighted by Gasteiger charge is -2.24. The van der Waals surface area contributed by atoms with Gasteiger partial charge in [0.1, 0.15) is 5.82 Å². The minimum Gasteiger partial charge on any atom is -0.501 e. The third kappa shape index (κ3) is 2.58. The van der Waals surface area contributed by atoms with Gasteiger partial charge in [-0.25, -0.2) is 12.8 Å². The number of Topliss-reactive ketones (excluding diaryl/α,β-unsaturated/α-hetero) is 1. The summed E-state index contributed by atoms with van der Waals surface area (Å²) in [6.45, 7) is 2.64. The fraction of sp³-hybridized carbons (Fsp3) is 0.308. The number of sulfonamides is 1. The normalized spacial score (nSPS) is 22.3.